The van der Waals surface area contributed by atoms with Gasteiger partial charge < -0.3 is 10.1 Å². The molecule has 138 valence electrons. The van der Waals surface area contributed by atoms with E-state index >= 15 is 0 Å². The summed E-state index contributed by atoms with van der Waals surface area (Å²) in [6.07, 6.45) is -1.26. The van der Waals surface area contributed by atoms with Gasteiger partial charge in [0.1, 0.15) is 0 Å². The number of aromatic nitrogens is 2. The summed E-state index contributed by atoms with van der Waals surface area (Å²) in [4.78, 5) is 12.4. The van der Waals surface area contributed by atoms with E-state index in [1.54, 1.807) is 6.07 Å². The van der Waals surface area contributed by atoms with Crippen molar-refractivity contribution in [1.82, 2.24) is 9.78 Å². The van der Waals surface area contributed by atoms with Crippen LogP contribution in [0.15, 0.2) is 36.5 Å². The largest absolute Gasteiger partial charge is 0.416 e. The second-order valence-electron chi connectivity index (χ2n) is 6.91. The maximum Gasteiger partial charge on any atom is 0.416 e. The molecule has 8 heteroatoms. The first kappa shape index (κ1) is 17.1. The number of rotatable bonds is 3. The van der Waals surface area contributed by atoms with Gasteiger partial charge in [0.05, 0.1) is 11.3 Å². The van der Waals surface area contributed by atoms with Crippen molar-refractivity contribution < 1.29 is 22.7 Å². The lowest BCUT2D eigenvalue weighted by atomic mass is 10.0. The number of benzene rings is 1. The molecule has 1 aliphatic carbocycles. The maximum absolute atomic E-state index is 12.8. The first-order valence-corrected chi connectivity index (χ1v) is 8.52. The van der Waals surface area contributed by atoms with Gasteiger partial charge in [-0.3, -0.25) is 4.79 Å². The second-order valence-corrected chi connectivity index (χ2v) is 6.91. The molecule has 1 aliphatic heterocycles. The van der Waals surface area contributed by atoms with Crippen LogP contribution in [-0.4, -0.2) is 28.9 Å². The Bertz CT molecular complexity index is 806. The van der Waals surface area contributed by atoms with E-state index in [2.05, 4.69) is 10.4 Å². The van der Waals surface area contributed by atoms with Crippen molar-refractivity contribution in [2.24, 2.45) is 17.8 Å². The SMILES string of the molecule is O=C(Nc1ccn(-c2cccc(C(F)(F)F)c2)n1)C1C[C@@H]2COC[C@H]2C1. The summed E-state index contributed by atoms with van der Waals surface area (Å²) < 4.78 is 45.2. The molecule has 4 rings (SSSR count). The van der Waals surface area contributed by atoms with Crippen molar-refractivity contribution in [3.63, 3.8) is 0 Å². The predicted octanol–water partition coefficient (Wildman–Crippen LogP) is 3.50. The zero-order valence-electron chi connectivity index (χ0n) is 13.9. The molecule has 1 aromatic carbocycles. The summed E-state index contributed by atoms with van der Waals surface area (Å²) in [5.74, 6) is 1.09. The lowest BCUT2D eigenvalue weighted by molar-refractivity contribution is -0.137. The van der Waals surface area contributed by atoms with Crippen LogP contribution in [0.4, 0.5) is 19.0 Å². The average molecular weight is 365 g/mol. The fourth-order valence-electron chi connectivity index (χ4n) is 3.79. The van der Waals surface area contributed by atoms with Crippen molar-refractivity contribution in [2.75, 3.05) is 18.5 Å². The number of halogens is 3. The normalized spacial score (nSPS) is 23.2. The molecule has 1 saturated heterocycles. The summed E-state index contributed by atoms with van der Waals surface area (Å²) in [7, 11) is 0. The van der Waals surface area contributed by atoms with Gasteiger partial charge in [-0.2, -0.15) is 18.3 Å². The Hall–Kier alpha value is -2.35. The Morgan fingerprint density at radius 3 is 2.62 bits per heavy atom. The first-order valence-electron chi connectivity index (χ1n) is 8.52. The van der Waals surface area contributed by atoms with Crippen LogP contribution in [0.5, 0.6) is 0 Å². The van der Waals surface area contributed by atoms with Crippen LogP contribution in [0.3, 0.4) is 0 Å². The lowest BCUT2D eigenvalue weighted by Gasteiger charge is -2.10. The highest BCUT2D eigenvalue weighted by Gasteiger charge is 2.41. The number of carbonyl (C=O) groups is 1. The van der Waals surface area contributed by atoms with Crippen molar-refractivity contribution in [3.8, 4) is 5.69 Å². The highest BCUT2D eigenvalue weighted by Crippen LogP contribution is 2.40. The van der Waals surface area contributed by atoms with E-state index in [1.807, 2.05) is 0 Å². The second kappa shape index (κ2) is 6.42. The van der Waals surface area contributed by atoms with Gasteiger partial charge in [0.25, 0.3) is 0 Å². The van der Waals surface area contributed by atoms with E-state index < -0.39 is 11.7 Å². The molecule has 1 saturated carbocycles. The highest BCUT2D eigenvalue weighted by atomic mass is 19.4. The van der Waals surface area contributed by atoms with Gasteiger partial charge in [0, 0.05) is 31.4 Å². The summed E-state index contributed by atoms with van der Waals surface area (Å²) in [6, 6.07) is 6.48. The molecule has 2 heterocycles. The van der Waals surface area contributed by atoms with Gasteiger partial charge in [-0.15, -0.1) is 0 Å². The van der Waals surface area contributed by atoms with E-state index in [9.17, 15) is 18.0 Å². The Balaban J connectivity index is 1.44. The summed E-state index contributed by atoms with van der Waals surface area (Å²) in [5.41, 5.74) is -0.455. The van der Waals surface area contributed by atoms with Crippen LogP contribution >= 0.6 is 0 Å². The van der Waals surface area contributed by atoms with Gasteiger partial charge in [-0.05, 0) is 42.9 Å². The zero-order chi connectivity index (χ0) is 18.3. The first-order chi connectivity index (χ1) is 12.4. The average Bonchev–Trinajstić information content (AvgIpc) is 3.29. The highest BCUT2D eigenvalue weighted by molar-refractivity contribution is 5.91. The maximum atomic E-state index is 12.8. The van der Waals surface area contributed by atoms with Crippen LogP contribution in [0.1, 0.15) is 18.4 Å². The quantitative estimate of drug-likeness (QED) is 0.906. The van der Waals surface area contributed by atoms with Crippen LogP contribution in [0.2, 0.25) is 0 Å². The Morgan fingerprint density at radius 2 is 1.92 bits per heavy atom. The number of anilines is 1. The molecule has 0 radical (unpaired) electrons. The minimum Gasteiger partial charge on any atom is -0.381 e. The molecule has 0 bridgehead atoms. The minimum absolute atomic E-state index is 0.0624. The van der Waals surface area contributed by atoms with Gasteiger partial charge in [-0.25, -0.2) is 4.68 Å². The Kier molecular flexibility index (Phi) is 4.22. The van der Waals surface area contributed by atoms with E-state index in [1.165, 1.54) is 23.0 Å². The number of nitrogens with zero attached hydrogens (tertiary/aromatic N) is 2. The fourth-order valence-corrected chi connectivity index (χ4v) is 3.79. The van der Waals surface area contributed by atoms with E-state index in [4.69, 9.17) is 4.74 Å². The summed E-state index contributed by atoms with van der Waals surface area (Å²) in [6.45, 7) is 1.44. The fraction of sp³-hybridized carbons (Fsp3) is 0.444. The lowest BCUT2D eigenvalue weighted by Crippen LogP contribution is -2.22. The Labute approximate surface area is 148 Å². The van der Waals surface area contributed by atoms with Crippen LogP contribution < -0.4 is 5.32 Å². The standard InChI is InChI=1S/C18H18F3N3O2/c19-18(20,21)14-2-1-3-15(8-14)24-5-4-16(23-24)22-17(25)11-6-12-9-26-10-13(12)7-11/h1-5,8,11-13H,6-7,9-10H2,(H,22,23,25)/t12-,13-/m1/s1. The molecule has 0 unspecified atom stereocenters. The summed E-state index contributed by atoms with van der Waals surface area (Å²) in [5, 5.41) is 6.95. The minimum atomic E-state index is -4.41. The van der Waals surface area contributed by atoms with Crippen LogP contribution in [0, 0.1) is 17.8 Å². The van der Waals surface area contributed by atoms with Crippen molar-refractivity contribution >= 4 is 11.7 Å². The smallest absolute Gasteiger partial charge is 0.381 e. The molecular formula is C18H18F3N3O2. The van der Waals surface area contributed by atoms with Crippen molar-refractivity contribution in [2.45, 2.75) is 19.0 Å². The van der Waals surface area contributed by atoms with Gasteiger partial charge >= 0.3 is 6.18 Å². The molecular weight excluding hydrogens is 347 g/mol. The van der Waals surface area contributed by atoms with Crippen molar-refractivity contribution in [1.29, 1.82) is 0 Å². The number of hydrogen-bond donors (Lipinski definition) is 1. The molecule has 2 aromatic rings. The number of fused-ring (bicyclic) bond motifs is 1. The molecule has 1 amide bonds. The van der Waals surface area contributed by atoms with Crippen LogP contribution in [0.25, 0.3) is 5.69 Å². The molecule has 0 spiro atoms. The molecule has 2 aliphatic rings. The third kappa shape index (κ3) is 3.33. The molecule has 1 aromatic heterocycles. The van der Waals surface area contributed by atoms with Gasteiger partial charge in [0.2, 0.25) is 5.91 Å². The zero-order valence-corrected chi connectivity index (χ0v) is 13.9. The molecule has 26 heavy (non-hydrogen) atoms. The number of nitrogens with one attached hydrogen (secondary N) is 1. The van der Waals surface area contributed by atoms with Gasteiger partial charge in [-0.1, -0.05) is 6.07 Å². The number of alkyl halides is 3. The Morgan fingerprint density at radius 1 is 1.19 bits per heavy atom. The molecule has 2 atom stereocenters. The molecule has 2 fully saturated rings. The van der Waals surface area contributed by atoms with E-state index in [0.717, 1.165) is 38.2 Å². The molecule has 5 nitrogen and oxygen atoms in total. The van der Waals surface area contributed by atoms with Crippen molar-refractivity contribution in [3.05, 3.63) is 42.1 Å². The number of ether oxygens (including phenoxy) is 1. The number of amides is 1. The van der Waals surface area contributed by atoms with E-state index in [0.29, 0.717) is 17.7 Å². The van der Waals surface area contributed by atoms with Crippen LogP contribution in [-0.2, 0) is 15.7 Å². The topological polar surface area (TPSA) is 56.2 Å². The molecule has 1 N–H and O–H groups in total. The van der Waals surface area contributed by atoms with Gasteiger partial charge in [0.15, 0.2) is 5.82 Å². The van der Waals surface area contributed by atoms with E-state index in [-0.39, 0.29) is 17.5 Å². The number of carbonyl (C=O) groups excluding carboxylic acids is 1. The third-order valence-electron chi connectivity index (χ3n) is 5.15. The predicted molar refractivity (Wildman–Crippen MR) is 87.7 cm³/mol. The monoisotopic (exact) mass is 365 g/mol. The third-order valence-corrected chi connectivity index (χ3v) is 5.15. The number of hydrogen-bond acceptors (Lipinski definition) is 3. The summed E-state index contributed by atoms with van der Waals surface area (Å²) >= 11 is 0.